The molecule has 124 valence electrons. The molecular formula is C22H18ClNS. The number of hydrogen-bond acceptors (Lipinski definition) is 2. The second-order valence-electron chi connectivity index (χ2n) is 6.89. The van der Waals surface area contributed by atoms with E-state index in [1.807, 2.05) is 6.20 Å². The van der Waals surface area contributed by atoms with Gasteiger partial charge in [-0.2, -0.15) is 0 Å². The topological polar surface area (TPSA) is 12.9 Å². The van der Waals surface area contributed by atoms with Gasteiger partial charge < -0.3 is 0 Å². The molecule has 0 amide bonds. The van der Waals surface area contributed by atoms with Gasteiger partial charge in [0.2, 0.25) is 0 Å². The number of aromatic nitrogens is 1. The first-order chi connectivity index (χ1) is 12.3. The molecule has 0 aliphatic heterocycles. The van der Waals surface area contributed by atoms with Gasteiger partial charge in [-0.15, -0.1) is 11.3 Å². The first kappa shape index (κ1) is 15.4. The molecule has 4 aromatic rings. The number of thiazole rings is 1. The summed E-state index contributed by atoms with van der Waals surface area (Å²) < 4.78 is 0.649. The van der Waals surface area contributed by atoms with Gasteiger partial charge in [-0.05, 0) is 64.3 Å². The van der Waals surface area contributed by atoms with Gasteiger partial charge in [0.1, 0.15) is 0 Å². The van der Waals surface area contributed by atoms with Crippen LogP contribution in [-0.4, -0.2) is 4.98 Å². The minimum atomic E-state index is 0.580. The molecule has 1 aliphatic carbocycles. The van der Waals surface area contributed by atoms with Crippen molar-refractivity contribution in [3.05, 3.63) is 75.2 Å². The predicted molar refractivity (Wildman–Crippen MR) is 108 cm³/mol. The molecule has 0 spiro atoms. The van der Waals surface area contributed by atoms with Crippen LogP contribution in [0.3, 0.4) is 0 Å². The number of rotatable bonds is 2. The molecule has 1 nitrogen and oxygen atoms in total. The van der Waals surface area contributed by atoms with Crippen molar-refractivity contribution in [2.45, 2.75) is 31.6 Å². The number of hydrogen-bond donors (Lipinski definition) is 0. The lowest BCUT2D eigenvalue weighted by Gasteiger charge is -2.26. The minimum absolute atomic E-state index is 0.580. The van der Waals surface area contributed by atoms with Crippen LogP contribution in [0, 0.1) is 0 Å². The Balaban J connectivity index is 1.64. The first-order valence-corrected chi connectivity index (χ1v) is 10.0. The summed E-state index contributed by atoms with van der Waals surface area (Å²) in [5, 5.41) is 5.50. The number of fused-ring (bicyclic) bond motifs is 5. The van der Waals surface area contributed by atoms with Crippen molar-refractivity contribution in [2.75, 3.05) is 0 Å². The molecule has 1 atom stereocenters. The van der Waals surface area contributed by atoms with Crippen molar-refractivity contribution in [3.63, 3.8) is 0 Å². The van der Waals surface area contributed by atoms with Gasteiger partial charge in [-0.1, -0.05) is 60.1 Å². The monoisotopic (exact) mass is 363 g/mol. The molecular weight excluding hydrogens is 346 g/mol. The molecule has 0 saturated heterocycles. The van der Waals surface area contributed by atoms with Crippen LogP contribution in [0.1, 0.15) is 34.8 Å². The van der Waals surface area contributed by atoms with Crippen LogP contribution in [0.15, 0.2) is 54.7 Å². The quantitative estimate of drug-likeness (QED) is 0.358. The van der Waals surface area contributed by atoms with Gasteiger partial charge in [0.05, 0.1) is 0 Å². The van der Waals surface area contributed by atoms with E-state index in [-0.39, 0.29) is 0 Å². The average Bonchev–Trinajstić information content (AvgIpc) is 3.06. The second-order valence-corrected chi connectivity index (χ2v) is 8.59. The Kier molecular flexibility index (Phi) is 3.76. The van der Waals surface area contributed by atoms with E-state index >= 15 is 0 Å². The van der Waals surface area contributed by atoms with Gasteiger partial charge in [0.15, 0.2) is 4.47 Å². The van der Waals surface area contributed by atoms with E-state index in [0.717, 1.165) is 6.42 Å². The van der Waals surface area contributed by atoms with E-state index in [9.17, 15) is 0 Å². The molecule has 1 unspecified atom stereocenters. The molecule has 1 aliphatic rings. The molecule has 0 radical (unpaired) electrons. The molecule has 1 heterocycles. The first-order valence-electron chi connectivity index (χ1n) is 8.83. The Morgan fingerprint density at radius 1 is 1.00 bits per heavy atom. The Bertz CT molecular complexity index is 1080. The fraction of sp³-hybridized carbons (Fsp3) is 0.227. The number of aryl methyl sites for hydroxylation is 1. The SMILES string of the molecule is Clc1ncc(CC2CCCc3c2ccc2c3ccc3ccccc32)s1. The molecule has 3 aromatic carbocycles. The average molecular weight is 364 g/mol. The zero-order valence-corrected chi connectivity index (χ0v) is 15.4. The summed E-state index contributed by atoms with van der Waals surface area (Å²) in [5.74, 6) is 0.580. The van der Waals surface area contributed by atoms with Gasteiger partial charge in [0, 0.05) is 11.1 Å². The fourth-order valence-corrected chi connectivity index (χ4v) is 5.40. The van der Waals surface area contributed by atoms with E-state index in [2.05, 4.69) is 53.5 Å². The maximum atomic E-state index is 6.02. The fourth-order valence-electron chi connectivity index (χ4n) is 4.34. The third-order valence-electron chi connectivity index (χ3n) is 5.47. The van der Waals surface area contributed by atoms with Crippen molar-refractivity contribution in [1.82, 2.24) is 4.98 Å². The van der Waals surface area contributed by atoms with Gasteiger partial charge in [-0.25, -0.2) is 4.98 Å². The lowest BCUT2D eigenvalue weighted by molar-refractivity contribution is 0.556. The van der Waals surface area contributed by atoms with Crippen molar-refractivity contribution in [1.29, 1.82) is 0 Å². The Morgan fingerprint density at radius 3 is 2.76 bits per heavy atom. The van der Waals surface area contributed by atoms with E-state index in [0.29, 0.717) is 10.4 Å². The van der Waals surface area contributed by atoms with E-state index in [4.69, 9.17) is 11.6 Å². The van der Waals surface area contributed by atoms with Crippen LogP contribution >= 0.6 is 22.9 Å². The lowest BCUT2D eigenvalue weighted by Crippen LogP contribution is -2.12. The molecule has 25 heavy (non-hydrogen) atoms. The number of halogens is 1. The second kappa shape index (κ2) is 6.12. The highest BCUT2D eigenvalue weighted by Gasteiger charge is 2.23. The summed E-state index contributed by atoms with van der Waals surface area (Å²) in [6.07, 6.45) is 6.69. The summed E-state index contributed by atoms with van der Waals surface area (Å²) in [6.45, 7) is 0. The normalized spacial score (nSPS) is 17.1. The third-order valence-corrected chi connectivity index (χ3v) is 6.60. The summed E-state index contributed by atoms with van der Waals surface area (Å²) in [7, 11) is 0. The van der Waals surface area contributed by atoms with Crippen LogP contribution in [0.2, 0.25) is 4.47 Å². The van der Waals surface area contributed by atoms with Gasteiger partial charge in [-0.3, -0.25) is 0 Å². The summed E-state index contributed by atoms with van der Waals surface area (Å²) >= 11 is 7.64. The third kappa shape index (κ3) is 2.65. The molecule has 0 saturated carbocycles. The smallest absolute Gasteiger partial charge is 0.183 e. The van der Waals surface area contributed by atoms with Crippen LogP contribution in [0.4, 0.5) is 0 Å². The van der Waals surface area contributed by atoms with Crippen molar-refractivity contribution in [2.24, 2.45) is 0 Å². The van der Waals surface area contributed by atoms with Crippen LogP contribution in [-0.2, 0) is 12.8 Å². The van der Waals surface area contributed by atoms with Crippen molar-refractivity contribution in [3.8, 4) is 0 Å². The number of benzene rings is 3. The van der Waals surface area contributed by atoms with Crippen LogP contribution in [0.5, 0.6) is 0 Å². The Labute approximate surface area is 156 Å². The lowest BCUT2D eigenvalue weighted by atomic mass is 9.78. The van der Waals surface area contributed by atoms with Crippen LogP contribution < -0.4 is 0 Å². The largest absolute Gasteiger partial charge is 0.233 e. The van der Waals surface area contributed by atoms with Gasteiger partial charge >= 0.3 is 0 Å². The highest BCUT2D eigenvalue weighted by atomic mass is 35.5. The Morgan fingerprint density at radius 2 is 1.88 bits per heavy atom. The Hall–Kier alpha value is -1.90. The summed E-state index contributed by atoms with van der Waals surface area (Å²) in [4.78, 5) is 5.50. The van der Waals surface area contributed by atoms with E-state index in [1.54, 1.807) is 16.9 Å². The standard InChI is InChI=1S/C22H18ClNS/c23-22-24-13-16(25-22)12-15-5-3-7-19-18(15)10-11-20-17-6-2-1-4-14(17)8-9-21(19)20/h1-2,4,6,8-11,13,15H,3,5,7,12H2. The van der Waals surface area contributed by atoms with E-state index < -0.39 is 0 Å². The molecule has 5 rings (SSSR count). The minimum Gasteiger partial charge on any atom is -0.233 e. The molecule has 0 N–H and O–H groups in total. The van der Waals surface area contributed by atoms with Crippen molar-refractivity contribution >= 4 is 44.5 Å². The van der Waals surface area contributed by atoms with Crippen LogP contribution in [0.25, 0.3) is 21.5 Å². The molecule has 1 aromatic heterocycles. The summed E-state index contributed by atoms with van der Waals surface area (Å²) in [6, 6.07) is 18.0. The predicted octanol–water partition coefficient (Wildman–Crippen LogP) is 6.77. The zero-order chi connectivity index (χ0) is 16.8. The van der Waals surface area contributed by atoms with Crippen molar-refractivity contribution < 1.29 is 0 Å². The van der Waals surface area contributed by atoms with Gasteiger partial charge in [0.25, 0.3) is 0 Å². The number of nitrogens with zero attached hydrogens (tertiary/aromatic N) is 1. The highest BCUT2D eigenvalue weighted by molar-refractivity contribution is 7.15. The van der Waals surface area contributed by atoms with E-state index in [1.165, 1.54) is 51.2 Å². The maximum Gasteiger partial charge on any atom is 0.183 e. The summed E-state index contributed by atoms with van der Waals surface area (Å²) in [5.41, 5.74) is 3.08. The molecule has 0 bridgehead atoms. The highest BCUT2D eigenvalue weighted by Crippen LogP contribution is 2.40. The zero-order valence-electron chi connectivity index (χ0n) is 13.8. The maximum absolute atomic E-state index is 6.02. The molecule has 3 heteroatoms. The molecule has 0 fully saturated rings.